The summed E-state index contributed by atoms with van der Waals surface area (Å²) >= 11 is 0. The van der Waals surface area contributed by atoms with E-state index in [2.05, 4.69) is 22.0 Å². The number of nitrogens with one attached hydrogen (secondary N) is 1. The molecule has 2 aliphatic heterocycles. The van der Waals surface area contributed by atoms with Crippen LogP contribution in [-0.2, 0) is 37.3 Å². The topological polar surface area (TPSA) is 133 Å². The molecule has 0 radical (unpaired) electrons. The Morgan fingerprint density at radius 2 is 1.54 bits per heavy atom. The van der Waals surface area contributed by atoms with Crippen molar-refractivity contribution in [1.82, 2.24) is 24.4 Å². The summed E-state index contributed by atoms with van der Waals surface area (Å²) in [7, 11) is 3.30. The van der Waals surface area contributed by atoms with Crippen LogP contribution in [-0.4, -0.2) is 70.1 Å². The third-order valence-corrected chi connectivity index (χ3v) is 11.0. The molecule has 13 nitrogen and oxygen atoms in total. The molecule has 4 heterocycles. The maximum atomic E-state index is 14.0. The van der Waals surface area contributed by atoms with Crippen LogP contribution in [0.4, 0.5) is 10.6 Å². The van der Waals surface area contributed by atoms with Crippen molar-refractivity contribution in [1.29, 1.82) is 0 Å². The zero-order valence-electron chi connectivity index (χ0n) is 32.8. The normalized spacial score (nSPS) is 18.0. The molecule has 8 rings (SSSR count). The lowest BCUT2D eigenvalue weighted by Gasteiger charge is -2.32. The molecule has 0 spiro atoms. The Morgan fingerprint density at radius 3 is 2.16 bits per heavy atom. The van der Waals surface area contributed by atoms with Crippen LogP contribution >= 0.6 is 0 Å². The summed E-state index contributed by atoms with van der Waals surface area (Å²) in [6.07, 6.45) is 3.45. The van der Waals surface area contributed by atoms with E-state index < -0.39 is 5.60 Å². The summed E-state index contributed by atoms with van der Waals surface area (Å²) in [5.41, 5.74) is 5.06. The van der Waals surface area contributed by atoms with Crippen molar-refractivity contribution in [3.63, 3.8) is 0 Å². The lowest BCUT2D eigenvalue weighted by molar-refractivity contribution is 0.0222. The zero-order valence-corrected chi connectivity index (χ0v) is 32.8. The van der Waals surface area contributed by atoms with Gasteiger partial charge in [-0.25, -0.2) is 9.59 Å². The monoisotopic (exact) mass is 762 g/mol. The summed E-state index contributed by atoms with van der Waals surface area (Å²) in [6.45, 7) is 8.72. The van der Waals surface area contributed by atoms with E-state index >= 15 is 0 Å². The minimum atomic E-state index is -0.602. The number of fused-ring (bicyclic) bond motifs is 6. The number of hydrogen-bond acceptors (Lipinski definition) is 10. The van der Waals surface area contributed by atoms with Gasteiger partial charge in [-0.3, -0.25) is 4.57 Å². The van der Waals surface area contributed by atoms with Crippen LogP contribution in [0.2, 0.25) is 0 Å². The van der Waals surface area contributed by atoms with Gasteiger partial charge in [-0.1, -0.05) is 36.8 Å². The van der Waals surface area contributed by atoms with Crippen LogP contribution < -0.4 is 29.5 Å². The van der Waals surface area contributed by atoms with E-state index in [4.69, 9.17) is 33.7 Å². The second-order valence-corrected chi connectivity index (χ2v) is 16.1. The van der Waals surface area contributed by atoms with Crippen LogP contribution in [0, 0.1) is 11.8 Å². The Labute approximate surface area is 326 Å². The first kappa shape index (κ1) is 37.2. The number of amides is 1. The first-order chi connectivity index (χ1) is 27.0. The summed E-state index contributed by atoms with van der Waals surface area (Å²) < 4.78 is 31.4. The van der Waals surface area contributed by atoms with Crippen molar-refractivity contribution in [3.05, 3.63) is 99.0 Å². The molecule has 3 aliphatic rings. The van der Waals surface area contributed by atoms with E-state index in [0.717, 1.165) is 64.3 Å². The number of carbonyl (C=O) groups excluding carboxylic acids is 1. The van der Waals surface area contributed by atoms with Gasteiger partial charge in [0.2, 0.25) is 0 Å². The first-order valence-electron chi connectivity index (χ1n) is 19.4. The van der Waals surface area contributed by atoms with Crippen molar-refractivity contribution < 1.29 is 28.5 Å². The zero-order chi connectivity index (χ0) is 39.0. The number of hydrogen-bond donors (Lipinski definition) is 1. The number of H-pyrrole nitrogens is 1. The molecule has 2 atom stereocenters. The largest absolute Gasteiger partial charge is 0.497 e. The molecule has 13 heteroatoms. The van der Waals surface area contributed by atoms with Crippen LogP contribution in [0.1, 0.15) is 67.9 Å². The maximum absolute atomic E-state index is 14.0. The van der Waals surface area contributed by atoms with Crippen molar-refractivity contribution in [3.8, 4) is 23.3 Å². The summed E-state index contributed by atoms with van der Waals surface area (Å²) in [4.78, 5) is 44.1. The highest BCUT2D eigenvalue weighted by Crippen LogP contribution is 2.37. The van der Waals surface area contributed by atoms with E-state index in [1.54, 1.807) is 23.7 Å². The van der Waals surface area contributed by atoms with Gasteiger partial charge in [-0.2, -0.15) is 9.97 Å². The third kappa shape index (κ3) is 7.98. The van der Waals surface area contributed by atoms with E-state index in [0.29, 0.717) is 68.7 Å². The van der Waals surface area contributed by atoms with Crippen LogP contribution in [0.3, 0.4) is 0 Å². The molecular weight excluding hydrogens is 713 g/mol. The van der Waals surface area contributed by atoms with Crippen LogP contribution in [0.25, 0.3) is 11.2 Å². The second-order valence-electron chi connectivity index (χ2n) is 16.1. The number of aromatic amines is 1. The van der Waals surface area contributed by atoms with Gasteiger partial charge in [0.1, 0.15) is 28.4 Å². The Bertz CT molecular complexity index is 2210. The lowest BCUT2D eigenvalue weighted by Crippen LogP contribution is -2.40. The Kier molecular flexibility index (Phi) is 10.3. The molecule has 294 valence electrons. The molecule has 4 bridgehead atoms. The summed E-state index contributed by atoms with van der Waals surface area (Å²) in [5.74, 6) is 3.45. The van der Waals surface area contributed by atoms with E-state index in [1.165, 1.54) is 0 Å². The Hall–Kier alpha value is -5.72. The fraction of sp³-hybridized carbons (Fsp3) is 0.442. The van der Waals surface area contributed by atoms with E-state index in [9.17, 15) is 9.59 Å². The quantitative estimate of drug-likeness (QED) is 0.187. The van der Waals surface area contributed by atoms with Crippen LogP contribution in [0.5, 0.6) is 23.3 Å². The van der Waals surface area contributed by atoms with Gasteiger partial charge in [-0.05, 0) is 104 Å². The molecule has 3 aromatic carbocycles. The molecule has 1 amide bonds. The van der Waals surface area contributed by atoms with Crippen molar-refractivity contribution in [2.24, 2.45) is 11.8 Å². The highest BCUT2D eigenvalue weighted by Gasteiger charge is 2.32. The standard InChI is InChI=1S/C43H50N6O7/c1-43(2,3)56-42(51)47-18-17-35-32(24-47)19-29-20-36(35)54-25-30-7-6-8-31(30)26-55-40-45-38(37-39(46-40)49(23-29)41(50)44-37)48(21-27-9-13-33(52-4)14-10-27)22-28-11-15-34(53-5)16-12-28/h9-16,19-20,30-31H,6-8,17-18,21-26H2,1-5H3,(H,44,50)/t30-,31-/m0/s1. The molecule has 5 aromatic rings. The lowest BCUT2D eigenvalue weighted by atomic mass is 9.95. The molecule has 1 fully saturated rings. The highest BCUT2D eigenvalue weighted by atomic mass is 16.6. The fourth-order valence-corrected chi connectivity index (χ4v) is 8.08. The minimum Gasteiger partial charge on any atom is -0.497 e. The average Bonchev–Trinajstić information content (AvgIpc) is 3.77. The summed E-state index contributed by atoms with van der Waals surface area (Å²) in [6, 6.07) is 20.2. The number of anilines is 1. The number of benzene rings is 3. The molecule has 0 saturated heterocycles. The predicted molar refractivity (Wildman–Crippen MR) is 212 cm³/mol. The number of rotatable bonds is 7. The third-order valence-electron chi connectivity index (χ3n) is 11.0. The predicted octanol–water partition coefficient (Wildman–Crippen LogP) is 6.87. The molecule has 1 N–H and O–H groups in total. The smallest absolute Gasteiger partial charge is 0.410 e. The van der Waals surface area contributed by atoms with E-state index in [1.807, 2.05) is 69.3 Å². The van der Waals surface area contributed by atoms with Gasteiger partial charge in [0.05, 0.1) is 34.0 Å². The maximum Gasteiger partial charge on any atom is 0.410 e. The number of ether oxygens (including phenoxy) is 5. The van der Waals surface area contributed by atoms with Gasteiger partial charge in [0, 0.05) is 31.7 Å². The van der Waals surface area contributed by atoms with Crippen molar-refractivity contribution in [2.45, 2.75) is 78.2 Å². The second kappa shape index (κ2) is 15.4. The van der Waals surface area contributed by atoms with Crippen molar-refractivity contribution in [2.75, 3.05) is 38.9 Å². The van der Waals surface area contributed by atoms with Gasteiger partial charge in [0.15, 0.2) is 11.5 Å². The summed E-state index contributed by atoms with van der Waals surface area (Å²) in [5, 5.41) is 0. The van der Waals surface area contributed by atoms with Gasteiger partial charge in [0.25, 0.3) is 0 Å². The van der Waals surface area contributed by atoms with Crippen LogP contribution in [0.15, 0.2) is 65.5 Å². The minimum absolute atomic E-state index is 0.216. The van der Waals surface area contributed by atoms with Crippen molar-refractivity contribution >= 4 is 23.1 Å². The fourth-order valence-electron chi connectivity index (χ4n) is 8.08. The number of imidazole rings is 1. The molecule has 1 aliphatic carbocycles. The number of methoxy groups -OCH3 is 2. The SMILES string of the molecule is COc1ccc(CN(Cc2ccc(OC)cc2)c2nc3nc4c2[nH]c(=O)n4Cc2cc4c(c(c2)OC[C@@H]2CCC[C@H]2CO3)CCN(C(=O)OC(C)(C)C)C4)cc1. The average molecular weight is 763 g/mol. The van der Waals surface area contributed by atoms with Gasteiger partial charge >= 0.3 is 17.8 Å². The van der Waals surface area contributed by atoms with Gasteiger partial charge < -0.3 is 38.5 Å². The molecule has 2 aromatic heterocycles. The molecule has 0 unspecified atom stereocenters. The Morgan fingerprint density at radius 1 is 0.893 bits per heavy atom. The molecule has 56 heavy (non-hydrogen) atoms. The number of aromatic nitrogens is 4. The number of carbonyl (C=O) groups is 1. The first-order valence-corrected chi connectivity index (χ1v) is 19.4. The molecular formula is C43H50N6O7. The molecule has 1 saturated carbocycles. The number of nitrogens with zero attached hydrogens (tertiary/aromatic N) is 5. The van der Waals surface area contributed by atoms with Gasteiger partial charge in [-0.15, -0.1) is 0 Å². The Balaban J connectivity index is 1.23. The highest BCUT2D eigenvalue weighted by molar-refractivity contribution is 5.84. The van der Waals surface area contributed by atoms with E-state index in [-0.39, 0.29) is 30.3 Å².